The fraction of sp³-hybridized carbons (Fsp3) is 0.870. The van der Waals surface area contributed by atoms with Crippen molar-refractivity contribution < 1.29 is 44.2 Å². The van der Waals surface area contributed by atoms with Crippen LogP contribution in [0, 0.1) is 0 Å². The second-order valence-corrected chi connectivity index (χ2v) is 18.3. The van der Waals surface area contributed by atoms with Crippen LogP contribution in [0.3, 0.4) is 0 Å². The molecule has 1 rings (SSSR count). The summed E-state index contributed by atoms with van der Waals surface area (Å²) in [5.41, 5.74) is 0. The van der Waals surface area contributed by atoms with Crippen molar-refractivity contribution in [2.24, 2.45) is 0 Å². The first-order valence-corrected chi connectivity index (χ1v) is 26.6. The van der Waals surface area contributed by atoms with E-state index in [0.717, 1.165) is 44.9 Å². The van der Waals surface area contributed by atoms with Gasteiger partial charge in [-0.1, -0.05) is 217 Å². The highest BCUT2D eigenvalue weighted by molar-refractivity contribution is 5.69. The average molecular weight is 893 g/mol. The number of ether oxygens (including phenoxy) is 4. The van der Waals surface area contributed by atoms with Gasteiger partial charge in [0.05, 0.1) is 19.8 Å². The summed E-state index contributed by atoms with van der Waals surface area (Å²) in [6.07, 6.45) is 49.0. The molecule has 6 unspecified atom stereocenters. The Morgan fingerprint density at radius 1 is 0.508 bits per heavy atom. The molecule has 6 atom stereocenters. The molecule has 0 radical (unpaired) electrons. The van der Waals surface area contributed by atoms with Gasteiger partial charge in [-0.3, -0.25) is 4.79 Å². The normalized spacial score (nSPS) is 19.9. The first-order chi connectivity index (χ1) is 30.9. The van der Waals surface area contributed by atoms with E-state index in [2.05, 4.69) is 50.3 Å². The van der Waals surface area contributed by atoms with Crippen LogP contribution in [0.25, 0.3) is 0 Å². The van der Waals surface area contributed by atoms with Crippen molar-refractivity contribution in [2.45, 2.75) is 275 Å². The predicted molar refractivity (Wildman–Crippen MR) is 261 cm³/mol. The highest BCUT2D eigenvalue weighted by Gasteiger charge is 2.44. The molecular formula is C54H100O9. The molecule has 1 aliphatic heterocycles. The van der Waals surface area contributed by atoms with E-state index in [-0.39, 0.29) is 19.2 Å². The molecule has 1 heterocycles. The predicted octanol–water partition coefficient (Wildman–Crippen LogP) is 13.1. The van der Waals surface area contributed by atoms with Gasteiger partial charge in [0.1, 0.15) is 30.5 Å². The van der Waals surface area contributed by atoms with E-state index in [4.69, 9.17) is 18.9 Å². The quantitative estimate of drug-likeness (QED) is 0.0268. The van der Waals surface area contributed by atoms with Crippen LogP contribution in [0.1, 0.15) is 239 Å². The summed E-state index contributed by atoms with van der Waals surface area (Å²) in [4.78, 5) is 12.8. The molecule has 9 nitrogen and oxygen atoms in total. The Morgan fingerprint density at radius 3 is 1.38 bits per heavy atom. The van der Waals surface area contributed by atoms with Gasteiger partial charge in [0.25, 0.3) is 0 Å². The topological polar surface area (TPSA) is 135 Å². The first-order valence-electron chi connectivity index (χ1n) is 26.6. The lowest BCUT2D eigenvalue weighted by atomic mass is 9.99. The molecule has 1 fully saturated rings. The molecule has 1 saturated heterocycles. The minimum atomic E-state index is -1.54. The fourth-order valence-corrected chi connectivity index (χ4v) is 8.15. The minimum absolute atomic E-state index is 0.111. The van der Waals surface area contributed by atoms with Crippen molar-refractivity contribution in [2.75, 3.05) is 26.4 Å². The Morgan fingerprint density at radius 2 is 0.921 bits per heavy atom. The summed E-state index contributed by atoms with van der Waals surface area (Å²) in [6.45, 7) is 4.57. The maximum Gasteiger partial charge on any atom is 0.306 e. The van der Waals surface area contributed by atoms with Crippen LogP contribution in [0.5, 0.6) is 0 Å². The first kappa shape index (κ1) is 59.4. The number of rotatable bonds is 46. The largest absolute Gasteiger partial charge is 0.457 e. The van der Waals surface area contributed by atoms with Gasteiger partial charge in [0.15, 0.2) is 6.29 Å². The maximum atomic E-state index is 12.8. The van der Waals surface area contributed by atoms with Crippen molar-refractivity contribution in [3.8, 4) is 0 Å². The monoisotopic (exact) mass is 893 g/mol. The third kappa shape index (κ3) is 36.2. The minimum Gasteiger partial charge on any atom is -0.457 e. The summed E-state index contributed by atoms with van der Waals surface area (Å²) in [5.74, 6) is -0.312. The number of unbranched alkanes of at least 4 members (excludes halogenated alkanes) is 29. The van der Waals surface area contributed by atoms with Gasteiger partial charge in [0, 0.05) is 13.0 Å². The Labute approximate surface area is 387 Å². The number of aliphatic hydroxyl groups excluding tert-OH is 4. The number of hydrogen-bond acceptors (Lipinski definition) is 9. The van der Waals surface area contributed by atoms with Crippen molar-refractivity contribution in [3.05, 3.63) is 36.5 Å². The zero-order chi connectivity index (χ0) is 45.7. The van der Waals surface area contributed by atoms with E-state index >= 15 is 0 Å². The van der Waals surface area contributed by atoms with E-state index < -0.39 is 43.4 Å². The molecule has 1 aliphatic rings. The van der Waals surface area contributed by atoms with Crippen LogP contribution >= 0.6 is 0 Å². The van der Waals surface area contributed by atoms with Crippen LogP contribution in [-0.4, -0.2) is 89.6 Å². The molecule has 63 heavy (non-hydrogen) atoms. The number of esters is 1. The summed E-state index contributed by atoms with van der Waals surface area (Å²) in [7, 11) is 0. The molecule has 0 aromatic carbocycles. The molecular weight excluding hydrogens is 793 g/mol. The molecule has 0 spiro atoms. The van der Waals surface area contributed by atoms with Gasteiger partial charge in [-0.2, -0.15) is 0 Å². The zero-order valence-corrected chi connectivity index (χ0v) is 40.8. The highest BCUT2D eigenvalue weighted by Crippen LogP contribution is 2.23. The number of aliphatic hydroxyl groups is 4. The van der Waals surface area contributed by atoms with Gasteiger partial charge < -0.3 is 39.4 Å². The summed E-state index contributed by atoms with van der Waals surface area (Å²) < 4.78 is 22.9. The van der Waals surface area contributed by atoms with Gasteiger partial charge >= 0.3 is 5.97 Å². The smallest absolute Gasteiger partial charge is 0.306 e. The van der Waals surface area contributed by atoms with Crippen LogP contribution in [0.15, 0.2) is 36.5 Å². The lowest BCUT2D eigenvalue weighted by Gasteiger charge is -2.39. The SMILES string of the molecule is CCCCCCC/C=C\C/C=C\C/C=C\CCCCCCCCCCCCCOCC(COC1OC(CO)C(O)C(O)C1O)OC(=O)CCCCCCCCCCCCCCCC. The van der Waals surface area contributed by atoms with E-state index in [1.54, 1.807) is 0 Å². The summed E-state index contributed by atoms with van der Waals surface area (Å²) in [6, 6.07) is 0. The van der Waals surface area contributed by atoms with Crippen LogP contribution < -0.4 is 0 Å². The second kappa shape index (κ2) is 45.6. The Hall–Kier alpha value is -1.59. The van der Waals surface area contributed by atoms with Crippen LogP contribution in [0.4, 0.5) is 0 Å². The average Bonchev–Trinajstić information content (AvgIpc) is 3.28. The van der Waals surface area contributed by atoms with Crippen LogP contribution in [0.2, 0.25) is 0 Å². The van der Waals surface area contributed by atoms with Crippen molar-refractivity contribution in [3.63, 3.8) is 0 Å². The lowest BCUT2D eigenvalue weighted by molar-refractivity contribution is -0.305. The van der Waals surface area contributed by atoms with Crippen molar-refractivity contribution in [1.29, 1.82) is 0 Å². The van der Waals surface area contributed by atoms with E-state index in [9.17, 15) is 25.2 Å². The number of carbonyl (C=O) groups excluding carboxylic acids is 1. The zero-order valence-electron chi connectivity index (χ0n) is 40.8. The van der Waals surface area contributed by atoms with E-state index in [1.165, 1.54) is 173 Å². The molecule has 0 bridgehead atoms. The molecule has 0 aliphatic carbocycles. The molecule has 370 valence electrons. The summed E-state index contributed by atoms with van der Waals surface area (Å²) >= 11 is 0. The third-order valence-electron chi connectivity index (χ3n) is 12.3. The summed E-state index contributed by atoms with van der Waals surface area (Å²) in [5, 5.41) is 40.2. The number of allylic oxidation sites excluding steroid dienone is 6. The Kier molecular flexibility index (Phi) is 43.0. The van der Waals surface area contributed by atoms with Crippen molar-refractivity contribution >= 4 is 5.97 Å². The van der Waals surface area contributed by atoms with E-state index in [0.29, 0.717) is 13.0 Å². The molecule has 4 N–H and O–H groups in total. The maximum absolute atomic E-state index is 12.8. The molecule has 0 aromatic heterocycles. The highest BCUT2D eigenvalue weighted by atomic mass is 16.7. The number of hydrogen-bond donors (Lipinski definition) is 4. The van der Waals surface area contributed by atoms with Crippen molar-refractivity contribution in [1.82, 2.24) is 0 Å². The Balaban J connectivity index is 2.15. The number of carbonyl (C=O) groups is 1. The van der Waals surface area contributed by atoms with Crippen LogP contribution in [-0.2, 0) is 23.7 Å². The standard InChI is InChI=1S/C54H100O9/c1-3-5-7-9-11-13-15-17-19-20-21-22-23-24-25-26-27-28-29-30-32-34-36-38-40-42-44-60-46-48(47-61-54-53(59)52(58)51(57)49(45-55)63-54)62-50(56)43-41-39-37-35-33-31-18-16-14-12-10-8-6-4-2/h15,17,20-21,23-24,48-49,51-55,57-59H,3-14,16,18-19,22,25-47H2,1-2H3/b17-15-,21-20-,24-23-. The van der Waals surface area contributed by atoms with Gasteiger partial charge in [0.2, 0.25) is 0 Å². The van der Waals surface area contributed by atoms with Gasteiger partial charge in [-0.25, -0.2) is 0 Å². The molecule has 0 amide bonds. The lowest BCUT2D eigenvalue weighted by Crippen LogP contribution is -2.59. The van der Waals surface area contributed by atoms with E-state index in [1.807, 2.05) is 0 Å². The third-order valence-corrected chi connectivity index (χ3v) is 12.3. The molecule has 0 saturated carbocycles. The molecule has 0 aromatic rings. The van der Waals surface area contributed by atoms with Gasteiger partial charge in [-0.15, -0.1) is 0 Å². The Bertz CT molecular complexity index is 1060. The second-order valence-electron chi connectivity index (χ2n) is 18.3. The fourth-order valence-electron chi connectivity index (χ4n) is 8.15. The molecule has 9 heteroatoms. The van der Waals surface area contributed by atoms with Gasteiger partial charge in [-0.05, 0) is 51.4 Å².